The molecule has 1 aromatic carbocycles. The van der Waals surface area contributed by atoms with E-state index in [4.69, 9.17) is 10.5 Å². The summed E-state index contributed by atoms with van der Waals surface area (Å²) < 4.78 is 32.7. The largest absolute Gasteiger partial charge is 0.383 e. The number of ether oxygens (including phenoxy) is 1. The summed E-state index contributed by atoms with van der Waals surface area (Å²) in [5.41, 5.74) is 7.03. The molecule has 0 aliphatic heterocycles. The van der Waals surface area contributed by atoms with Crippen LogP contribution in [0.2, 0.25) is 0 Å². The number of rotatable bonds is 8. The maximum Gasteiger partial charge on any atom is 0.299 e. The van der Waals surface area contributed by atoms with Gasteiger partial charge < -0.3 is 10.5 Å². The van der Waals surface area contributed by atoms with E-state index < -0.39 is 10.2 Å². The Morgan fingerprint density at radius 3 is 2.50 bits per heavy atom. The molecular weight excluding hydrogens is 254 g/mol. The van der Waals surface area contributed by atoms with Crippen LogP contribution in [0, 0.1) is 0 Å². The number of hydrogen-bond donors (Lipinski definition) is 3. The zero-order valence-electron chi connectivity index (χ0n) is 10.3. The van der Waals surface area contributed by atoms with Gasteiger partial charge in [-0.1, -0.05) is 12.1 Å². The van der Waals surface area contributed by atoms with Crippen molar-refractivity contribution >= 4 is 15.9 Å². The zero-order valence-corrected chi connectivity index (χ0v) is 11.2. The van der Waals surface area contributed by atoms with Crippen molar-refractivity contribution < 1.29 is 13.2 Å². The normalized spacial score (nSPS) is 11.4. The maximum absolute atomic E-state index is 11.6. The predicted octanol–water partition coefficient (Wildman–Crippen LogP) is 0.0805. The van der Waals surface area contributed by atoms with Gasteiger partial charge in [-0.2, -0.15) is 13.1 Å². The molecule has 0 fully saturated rings. The van der Waals surface area contributed by atoms with Crippen LogP contribution in [0.15, 0.2) is 24.3 Å². The van der Waals surface area contributed by atoms with Gasteiger partial charge in [0.25, 0.3) is 10.2 Å². The third-order valence-electron chi connectivity index (χ3n) is 2.24. The van der Waals surface area contributed by atoms with Gasteiger partial charge in [0.1, 0.15) is 0 Å². The number of benzene rings is 1. The molecule has 0 atom stereocenters. The van der Waals surface area contributed by atoms with Crippen LogP contribution in [0.25, 0.3) is 0 Å². The fourth-order valence-corrected chi connectivity index (χ4v) is 2.25. The summed E-state index contributed by atoms with van der Waals surface area (Å²) in [6, 6.07) is 7.11. The van der Waals surface area contributed by atoms with Gasteiger partial charge in [-0.25, -0.2) is 0 Å². The van der Waals surface area contributed by atoms with E-state index >= 15 is 0 Å². The minimum Gasteiger partial charge on any atom is -0.383 e. The van der Waals surface area contributed by atoms with Gasteiger partial charge in [0, 0.05) is 19.3 Å². The first kappa shape index (κ1) is 14.9. The topological polar surface area (TPSA) is 93.4 Å². The number of nitrogens with one attached hydrogen (secondary N) is 2. The second kappa shape index (κ2) is 7.32. The Kier molecular flexibility index (Phi) is 6.06. The van der Waals surface area contributed by atoms with Gasteiger partial charge >= 0.3 is 0 Å². The van der Waals surface area contributed by atoms with E-state index in [2.05, 4.69) is 9.44 Å². The van der Waals surface area contributed by atoms with E-state index in [1.165, 1.54) is 7.11 Å². The smallest absolute Gasteiger partial charge is 0.299 e. The molecule has 0 unspecified atom stereocenters. The van der Waals surface area contributed by atoms with Crippen LogP contribution in [-0.2, 0) is 21.4 Å². The average Bonchev–Trinajstić information content (AvgIpc) is 2.32. The summed E-state index contributed by atoms with van der Waals surface area (Å²) in [7, 11) is -2.02. The summed E-state index contributed by atoms with van der Waals surface area (Å²) in [6.07, 6.45) is 0.777. The van der Waals surface area contributed by atoms with Gasteiger partial charge in [-0.3, -0.25) is 4.72 Å². The van der Waals surface area contributed by atoms with Crippen molar-refractivity contribution in [2.45, 2.75) is 6.42 Å². The number of nitrogens with two attached hydrogens (primary N) is 1. The van der Waals surface area contributed by atoms with Crippen LogP contribution >= 0.6 is 0 Å². The van der Waals surface area contributed by atoms with E-state index in [-0.39, 0.29) is 6.54 Å². The molecule has 102 valence electrons. The highest BCUT2D eigenvalue weighted by Gasteiger charge is 2.08. The molecule has 0 aromatic heterocycles. The third-order valence-corrected chi connectivity index (χ3v) is 3.33. The van der Waals surface area contributed by atoms with Crippen LogP contribution in [0.1, 0.15) is 5.56 Å². The Balaban J connectivity index is 2.55. The van der Waals surface area contributed by atoms with Crippen molar-refractivity contribution in [3.05, 3.63) is 29.8 Å². The Morgan fingerprint density at radius 1 is 1.28 bits per heavy atom. The molecule has 0 bridgehead atoms. The van der Waals surface area contributed by atoms with E-state index in [1.54, 1.807) is 12.1 Å². The van der Waals surface area contributed by atoms with E-state index in [0.717, 1.165) is 12.0 Å². The lowest BCUT2D eigenvalue weighted by molar-refractivity contribution is 0.204. The second-order valence-electron chi connectivity index (χ2n) is 3.73. The Hall–Kier alpha value is -1.15. The molecule has 0 aliphatic rings. The lowest BCUT2D eigenvalue weighted by Gasteiger charge is -2.09. The van der Waals surface area contributed by atoms with Gasteiger partial charge in [0.2, 0.25) is 0 Å². The van der Waals surface area contributed by atoms with E-state index in [1.807, 2.05) is 12.1 Å². The fourth-order valence-electron chi connectivity index (χ4n) is 1.38. The molecule has 7 heteroatoms. The predicted molar refractivity (Wildman–Crippen MR) is 71.6 cm³/mol. The van der Waals surface area contributed by atoms with Crippen molar-refractivity contribution in [3.63, 3.8) is 0 Å². The van der Waals surface area contributed by atoms with Crippen LogP contribution in [-0.4, -0.2) is 35.2 Å². The van der Waals surface area contributed by atoms with Crippen LogP contribution in [0.4, 0.5) is 5.69 Å². The molecule has 6 nitrogen and oxygen atoms in total. The van der Waals surface area contributed by atoms with Crippen molar-refractivity contribution in [1.82, 2.24) is 4.72 Å². The van der Waals surface area contributed by atoms with Crippen LogP contribution in [0.3, 0.4) is 0 Å². The highest BCUT2D eigenvalue weighted by Crippen LogP contribution is 2.10. The molecule has 4 N–H and O–H groups in total. The molecule has 0 aliphatic carbocycles. The first-order chi connectivity index (χ1) is 8.57. The maximum atomic E-state index is 11.6. The van der Waals surface area contributed by atoms with Crippen molar-refractivity contribution in [2.75, 3.05) is 31.5 Å². The molecule has 18 heavy (non-hydrogen) atoms. The van der Waals surface area contributed by atoms with E-state index in [9.17, 15) is 8.42 Å². The Morgan fingerprint density at radius 2 is 1.94 bits per heavy atom. The SMILES string of the molecule is COCCNS(=O)(=O)Nc1ccc(CCN)cc1. The van der Waals surface area contributed by atoms with Gasteiger partial charge in [0.15, 0.2) is 0 Å². The van der Waals surface area contributed by atoms with Crippen LogP contribution in [0.5, 0.6) is 0 Å². The second-order valence-corrected chi connectivity index (χ2v) is 5.23. The molecular formula is C11H19N3O3S. The summed E-state index contributed by atoms with van der Waals surface area (Å²) in [5.74, 6) is 0. The fraction of sp³-hybridized carbons (Fsp3) is 0.455. The van der Waals surface area contributed by atoms with Gasteiger partial charge in [-0.05, 0) is 30.7 Å². The van der Waals surface area contributed by atoms with Crippen molar-refractivity contribution in [3.8, 4) is 0 Å². The highest BCUT2D eigenvalue weighted by atomic mass is 32.2. The zero-order chi connectivity index (χ0) is 13.4. The number of hydrogen-bond acceptors (Lipinski definition) is 4. The first-order valence-electron chi connectivity index (χ1n) is 5.63. The standard InChI is InChI=1S/C11H19N3O3S/c1-17-9-8-13-18(15,16)14-11-4-2-10(3-5-11)6-7-12/h2-5,13-14H,6-9,12H2,1H3. The monoisotopic (exact) mass is 273 g/mol. The van der Waals surface area contributed by atoms with E-state index in [0.29, 0.717) is 18.8 Å². The minimum absolute atomic E-state index is 0.233. The molecule has 0 saturated carbocycles. The Bertz CT molecular complexity index is 445. The van der Waals surface area contributed by atoms with Gasteiger partial charge in [0.05, 0.1) is 6.61 Å². The molecule has 0 heterocycles. The Labute approximate surface area is 108 Å². The van der Waals surface area contributed by atoms with Crippen molar-refractivity contribution in [1.29, 1.82) is 0 Å². The average molecular weight is 273 g/mol. The lowest BCUT2D eigenvalue weighted by Crippen LogP contribution is -2.32. The molecule has 0 amide bonds. The molecule has 1 rings (SSSR count). The van der Waals surface area contributed by atoms with Gasteiger partial charge in [-0.15, -0.1) is 0 Å². The number of anilines is 1. The lowest BCUT2D eigenvalue weighted by atomic mass is 10.1. The number of methoxy groups -OCH3 is 1. The molecule has 0 radical (unpaired) electrons. The minimum atomic E-state index is -3.54. The quantitative estimate of drug-likeness (QED) is 0.585. The van der Waals surface area contributed by atoms with Crippen molar-refractivity contribution in [2.24, 2.45) is 5.73 Å². The summed E-state index contributed by atoms with van der Waals surface area (Å²) >= 11 is 0. The molecule has 0 spiro atoms. The molecule has 0 saturated heterocycles. The summed E-state index contributed by atoms with van der Waals surface area (Å²) in [4.78, 5) is 0. The summed E-state index contributed by atoms with van der Waals surface area (Å²) in [6.45, 7) is 1.14. The first-order valence-corrected chi connectivity index (χ1v) is 7.11. The third kappa shape index (κ3) is 5.46. The summed E-state index contributed by atoms with van der Waals surface area (Å²) in [5, 5.41) is 0. The molecule has 1 aromatic rings. The highest BCUT2D eigenvalue weighted by molar-refractivity contribution is 7.90. The van der Waals surface area contributed by atoms with Crippen LogP contribution < -0.4 is 15.2 Å².